The number of hydrogen-bond acceptors (Lipinski definition) is 3. The normalized spacial score (nSPS) is 9.00. The number of aromatic nitrogens is 1. The number of thiazole rings is 1. The van der Waals surface area contributed by atoms with E-state index >= 15 is 0 Å². The van der Waals surface area contributed by atoms with Gasteiger partial charge >= 0.3 is 0 Å². The molecule has 0 unspecified atom stereocenters. The molecule has 9 heavy (non-hydrogen) atoms. The van der Waals surface area contributed by atoms with Gasteiger partial charge in [-0.15, -0.1) is 11.3 Å². The van der Waals surface area contributed by atoms with Crippen LogP contribution in [-0.4, -0.2) is 17.9 Å². The van der Waals surface area contributed by atoms with Crippen molar-refractivity contribution in [3.8, 4) is 0 Å². The van der Waals surface area contributed by atoms with Gasteiger partial charge in [0, 0.05) is 12.4 Å². The second kappa shape index (κ2) is 2.59. The van der Waals surface area contributed by atoms with Crippen LogP contribution in [0.4, 0.5) is 0 Å². The number of carbonyl (C=O) groups is 1. The topological polar surface area (TPSA) is 42.0 Å². The lowest BCUT2D eigenvalue weighted by Crippen LogP contribution is -2.17. The van der Waals surface area contributed by atoms with Gasteiger partial charge in [0.05, 0.1) is 0 Å². The Hall–Kier alpha value is -0.900. The van der Waals surface area contributed by atoms with Crippen LogP contribution in [0.1, 0.15) is 10.5 Å². The third kappa shape index (κ3) is 1.26. The molecule has 1 aromatic heterocycles. The molecule has 0 aromatic carbocycles. The summed E-state index contributed by atoms with van der Waals surface area (Å²) in [6.45, 7) is 0. The lowest BCUT2D eigenvalue weighted by molar-refractivity contribution is 0.0959. The van der Waals surface area contributed by atoms with Crippen LogP contribution in [0.3, 0.4) is 0 Å². The number of nitrogens with one attached hydrogen (secondary N) is 1. The Morgan fingerprint density at radius 2 is 2.78 bits per heavy atom. The summed E-state index contributed by atoms with van der Waals surface area (Å²) >= 11 is 1.29. The maximum Gasteiger partial charge on any atom is 0.270 e. The van der Waals surface area contributed by atoms with Gasteiger partial charge < -0.3 is 5.32 Å². The Kier molecular flexibility index (Phi) is 1.79. The minimum atomic E-state index is -0.160. The molecule has 1 amide bonds. The van der Waals surface area contributed by atoms with Crippen LogP contribution < -0.4 is 5.32 Å². The molecule has 1 N–H and O–H groups in total. The second-order valence-corrected chi connectivity index (χ2v) is 2.06. The molecule has 1 heterocycles. The lowest BCUT2D eigenvalue weighted by atomic mass is 10.5. The molecule has 1 rings (SSSR count). The molecular weight excluding hydrogens is 136 g/mol. The third-order valence-electron chi connectivity index (χ3n) is 0.849. The van der Waals surface area contributed by atoms with Crippen LogP contribution in [-0.2, 0) is 0 Å². The van der Waals surface area contributed by atoms with Crippen molar-refractivity contribution in [1.82, 2.24) is 10.3 Å². The molecule has 0 atom stereocenters. The molecule has 0 aliphatic heterocycles. The first-order valence-electron chi connectivity index (χ1n) is 2.38. The summed E-state index contributed by atoms with van der Waals surface area (Å²) in [5.74, 6) is -0.160. The average Bonchev–Trinajstić information content (AvgIpc) is 2.37. The molecule has 4 heteroatoms. The highest BCUT2D eigenvalue weighted by Crippen LogP contribution is 1.98. The van der Waals surface area contributed by atoms with Crippen LogP contribution in [0.2, 0.25) is 0 Å². The average molecular weight is 141 g/mol. The molecule has 0 saturated heterocycles. The number of hydrogen-bond donors (Lipinski definition) is 1. The minimum absolute atomic E-state index is 0.160. The monoisotopic (exact) mass is 141 g/mol. The van der Waals surface area contributed by atoms with Crippen LogP contribution in [0.25, 0.3) is 0 Å². The van der Waals surface area contributed by atoms with Crippen molar-refractivity contribution in [3.05, 3.63) is 16.6 Å². The Bertz CT molecular complexity index is 195. The molecule has 0 spiro atoms. The van der Waals surface area contributed by atoms with Gasteiger partial charge in [-0.2, -0.15) is 0 Å². The Balaban J connectivity index is 2.77. The number of carbonyl (C=O) groups excluding carboxylic acids is 1. The van der Waals surface area contributed by atoms with Crippen LogP contribution in [0, 0.1) is 5.51 Å². The van der Waals surface area contributed by atoms with Gasteiger partial charge in [0.1, 0.15) is 5.69 Å². The zero-order valence-electron chi connectivity index (χ0n) is 4.84. The van der Waals surface area contributed by atoms with Gasteiger partial charge in [0.2, 0.25) is 0 Å². The third-order valence-corrected chi connectivity index (χ3v) is 1.39. The predicted molar refractivity (Wildman–Crippen MR) is 34.3 cm³/mol. The fraction of sp³-hybridized carbons (Fsp3) is 0.200. The molecule has 3 nitrogen and oxygen atoms in total. The van der Waals surface area contributed by atoms with Crippen molar-refractivity contribution < 1.29 is 4.79 Å². The van der Waals surface area contributed by atoms with E-state index in [-0.39, 0.29) is 5.91 Å². The maximum absolute atomic E-state index is 10.7. The molecule has 1 radical (unpaired) electrons. The van der Waals surface area contributed by atoms with E-state index in [1.54, 1.807) is 12.4 Å². The second-order valence-electron chi connectivity index (χ2n) is 1.40. The summed E-state index contributed by atoms with van der Waals surface area (Å²) in [5.41, 5.74) is 3.01. The van der Waals surface area contributed by atoms with Crippen molar-refractivity contribution in [1.29, 1.82) is 0 Å². The van der Waals surface area contributed by atoms with Crippen molar-refractivity contribution in [2.45, 2.75) is 0 Å². The summed E-state index contributed by atoms with van der Waals surface area (Å²) in [4.78, 5) is 14.4. The fourth-order valence-electron chi connectivity index (χ4n) is 0.416. The molecule has 0 aliphatic rings. The van der Waals surface area contributed by atoms with E-state index in [1.165, 1.54) is 11.3 Å². The van der Waals surface area contributed by atoms with Gasteiger partial charge in [0.15, 0.2) is 5.51 Å². The van der Waals surface area contributed by atoms with Crippen molar-refractivity contribution in [2.75, 3.05) is 7.05 Å². The van der Waals surface area contributed by atoms with E-state index in [4.69, 9.17) is 0 Å². The standard InChI is InChI=1S/C5H5N2OS/c1-6-5(8)4-2-9-3-7-4/h2H,1H3,(H,6,8). The number of rotatable bonds is 1. The first-order chi connectivity index (χ1) is 4.34. The fourth-order valence-corrected chi connectivity index (χ4v) is 0.892. The molecular formula is C5H5N2OS. The quantitative estimate of drug-likeness (QED) is 0.611. The lowest BCUT2D eigenvalue weighted by Gasteiger charge is -1.89. The Labute approximate surface area is 56.7 Å². The molecule has 0 bridgehead atoms. The van der Waals surface area contributed by atoms with E-state index in [0.717, 1.165) is 0 Å². The van der Waals surface area contributed by atoms with E-state index in [1.807, 2.05) is 0 Å². The van der Waals surface area contributed by atoms with Gasteiger partial charge in [-0.05, 0) is 0 Å². The summed E-state index contributed by atoms with van der Waals surface area (Å²) in [5, 5.41) is 4.10. The van der Waals surface area contributed by atoms with E-state index in [9.17, 15) is 4.79 Å². The smallest absolute Gasteiger partial charge is 0.270 e. The zero-order valence-corrected chi connectivity index (χ0v) is 5.66. The van der Waals surface area contributed by atoms with Crippen LogP contribution >= 0.6 is 11.3 Å². The van der Waals surface area contributed by atoms with Gasteiger partial charge in [-0.3, -0.25) is 4.79 Å². The molecule has 47 valence electrons. The molecule has 1 aromatic rings. The minimum Gasteiger partial charge on any atom is -0.354 e. The summed E-state index contributed by atoms with van der Waals surface area (Å²) in [7, 11) is 1.57. The van der Waals surface area contributed by atoms with Crippen molar-refractivity contribution in [3.63, 3.8) is 0 Å². The molecule has 0 aliphatic carbocycles. The maximum atomic E-state index is 10.7. The van der Waals surface area contributed by atoms with Crippen molar-refractivity contribution in [2.24, 2.45) is 0 Å². The van der Waals surface area contributed by atoms with E-state index in [0.29, 0.717) is 5.69 Å². The highest BCUT2D eigenvalue weighted by atomic mass is 32.1. The molecule has 0 saturated carbocycles. The first kappa shape index (κ1) is 6.22. The van der Waals surface area contributed by atoms with E-state index in [2.05, 4.69) is 15.8 Å². The van der Waals surface area contributed by atoms with Gasteiger partial charge in [0.25, 0.3) is 5.91 Å². The number of amides is 1. The zero-order chi connectivity index (χ0) is 6.69. The Morgan fingerprint density at radius 3 is 3.22 bits per heavy atom. The van der Waals surface area contributed by atoms with Crippen LogP contribution in [0.5, 0.6) is 0 Å². The summed E-state index contributed by atoms with van der Waals surface area (Å²) < 4.78 is 0. The van der Waals surface area contributed by atoms with Crippen LogP contribution in [0.15, 0.2) is 5.38 Å². The van der Waals surface area contributed by atoms with E-state index < -0.39 is 0 Å². The summed E-state index contributed by atoms with van der Waals surface area (Å²) in [6.07, 6.45) is 0. The Morgan fingerprint density at radius 1 is 2.00 bits per heavy atom. The van der Waals surface area contributed by atoms with Gasteiger partial charge in [-0.1, -0.05) is 0 Å². The highest BCUT2D eigenvalue weighted by molar-refractivity contribution is 7.07. The largest absolute Gasteiger partial charge is 0.354 e. The number of nitrogens with zero attached hydrogens (tertiary/aromatic N) is 1. The SMILES string of the molecule is CNC(=O)c1cs[c]n1. The van der Waals surface area contributed by atoms with Gasteiger partial charge in [-0.25, -0.2) is 4.98 Å². The highest BCUT2D eigenvalue weighted by Gasteiger charge is 2.02. The first-order valence-corrected chi connectivity index (χ1v) is 3.26. The van der Waals surface area contributed by atoms with Crippen molar-refractivity contribution >= 4 is 17.2 Å². The predicted octanol–water partition coefficient (Wildman–Crippen LogP) is 0.303. The molecule has 0 fully saturated rings. The summed E-state index contributed by atoms with van der Waals surface area (Å²) in [6, 6.07) is 0.